The van der Waals surface area contributed by atoms with Crippen LogP contribution >= 0.6 is 0 Å². The summed E-state index contributed by atoms with van der Waals surface area (Å²) < 4.78 is 5.53. The zero-order valence-electron chi connectivity index (χ0n) is 19.4. The van der Waals surface area contributed by atoms with Crippen LogP contribution in [0.1, 0.15) is 25.3 Å². The van der Waals surface area contributed by atoms with Gasteiger partial charge in [0, 0.05) is 6.42 Å². The van der Waals surface area contributed by atoms with E-state index in [-0.39, 0.29) is 25.0 Å². The number of anilines is 2. The Morgan fingerprint density at radius 2 is 1.20 bits per heavy atom. The highest BCUT2D eigenvalue weighted by atomic mass is 16.5. The van der Waals surface area contributed by atoms with Crippen LogP contribution in [0.15, 0.2) is 91.0 Å². The molecule has 35 heavy (non-hydrogen) atoms. The smallest absolute Gasteiger partial charge is 0.310 e. The molecule has 0 aliphatic carbocycles. The van der Waals surface area contributed by atoms with Crippen molar-refractivity contribution in [3.8, 4) is 0 Å². The average Bonchev–Trinajstić information content (AvgIpc) is 3.09. The van der Waals surface area contributed by atoms with Crippen molar-refractivity contribution in [2.75, 3.05) is 16.6 Å². The van der Waals surface area contributed by atoms with Gasteiger partial charge in [0.05, 0.1) is 17.8 Å². The molecule has 7 nitrogen and oxygen atoms in total. The molecule has 3 aromatic carbocycles. The maximum absolute atomic E-state index is 14.0. The van der Waals surface area contributed by atoms with Gasteiger partial charge in [-0.3, -0.25) is 14.4 Å². The summed E-state index contributed by atoms with van der Waals surface area (Å²) in [7, 11) is 0. The van der Waals surface area contributed by atoms with Crippen molar-refractivity contribution in [2.24, 2.45) is 5.41 Å². The SMILES string of the molecule is CC(=O)CCC1(COC(=O)Cc2ccccc2)C(=O)N(c2ccccc2)N(c2ccccc2)C1=O. The number of hydrazine groups is 1. The summed E-state index contributed by atoms with van der Waals surface area (Å²) in [5, 5.41) is 2.62. The summed E-state index contributed by atoms with van der Waals surface area (Å²) in [6, 6.07) is 26.7. The molecule has 1 aliphatic rings. The molecule has 1 heterocycles. The second kappa shape index (κ2) is 10.3. The summed E-state index contributed by atoms with van der Waals surface area (Å²) in [4.78, 5) is 52.4. The Morgan fingerprint density at radius 1 is 0.743 bits per heavy atom. The van der Waals surface area contributed by atoms with E-state index in [1.54, 1.807) is 60.7 Å². The molecular weight excluding hydrogens is 444 g/mol. The van der Waals surface area contributed by atoms with Crippen LogP contribution in [0.3, 0.4) is 0 Å². The van der Waals surface area contributed by atoms with E-state index in [9.17, 15) is 19.2 Å². The molecule has 0 bridgehead atoms. The molecule has 0 N–H and O–H groups in total. The van der Waals surface area contributed by atoms with Gasteiger partial charge in [-0.2, -0.15) is 0 Å². The number of hydrogen-bond acceptors (Lipinski definition) is 5. The maximum Gasteiger partial charge on any atom is 0.310 e. The number of esters is 1. The third-order valence-electron chi connectivity index (χ3n) is 5.98. The van der Waals surface area contributed by atoms with Crippen LogP contribution in [0.4, 0.5) is 11.4 Å². The van der Waals surface area contributed by atoms with E-state index in [0.29, 0.717) is 11.4 Å². The Balaban J connectivity index is 1.70. The van der Waals surface area contributed by atoms with Crippen molar-refractivity contribution in [3.05, 3.63) is 96.6 Å². The van der Waals surface area contributed by atoms with Crippen molar-refractivity contribution >= 4 is 34.9 Å². The summed E-state index contributed by atoms with van der Waals surface area (Å²) in [6.45, 7) is 0.958. The molecule has 1 saturated heterocycles. The number of ether oxygens (including phenoxy) is 1. The lowest BCUT2D eigenvalue weighted by Crippen LogP contribution is -2.42. The molecule has 2 amide bonds. The first kappa shape index (κ1) is 23.9. The van der Waals surface area contributed by atoms with Crippen LogP contribution in [0.5, 0.6) is 0 Å². The van der Waals surface area contributed by atoms with Gasteiger partial charge in [0.25, 0.3) is 11.8 Å². The number of Topliss-reactive ketones (excluding diaryl/α,β-unsaturated/α-hetero) is 1. The highest BCUT2D eigenvalue weighted by Gasteiger charge is 2.60. The number of para-hydroxylation sites is 2. The molecule has 0 radical (unpaired) electrons. The van der Waals surface area contributed by atoms with Crippen molar-refractivity contribution in [1.29, 1.82) is 0 Å². The number of carbonyl (C=O) groups excluding carboxylic acids is 4. The van der Waals surface area contributed by atoms with Crippen LogP contribution < -0.4 is 10.0 Å². The Labute approximate surface area is 203 Å². The minimum Gasteiger partial charge on any atom is -0.464 e. The average molecular weight is 471 g/mol. The number of ketones is 1. The molecule has 0 aromatic heterocycles. The molecule has 1 aliphatic heterocycles. The molecule has 178 valence electrons. The van der Waals surface area contributed by atoms with Gasteiger partial charge in [-0.05, 0) is 43.2 Å². The lowest BCUT2D eigenvalue weighted by Gasteiger charge is -2.27. The monoisotopic (exact) mass is 470 g/mol. The second-order valence-electron chi connectivity index (χ2n) is 8.51. The van der Waals surface area contributed by atoms with Gasteiger partial charge in [0.15, 0.2) is 5.41 Å². The third kappa shape index (κ3) is 4.99. The highest BCUT2D eigenvalue weighted by molar-refractivity contribution is 6.26. The Kier molecular flexibility index (Phi) is 7.06. The highest BCUT2D eigenvalue weighted by Crippen LogP contribution is 2.42. The molecular formula is C28H26N2O5. The standard InChI is InChI=1S/C28H26N2O5/c1-21(31)17-18-28(20-35-25(32)19-22-11-5-2-6-12-22)26(33)29(23-13-7-3-8-14-23)30(27(28)34)24-15-9-4-10-16-24/h2-16H,17-20H2,1H3. The van der Waals surface area contributed by atoms with E-state index in [2.05, 4.69) is 0 Å². The first-order chi connectivity index (χ1) is 16.9. The lowest BCUT2D eigenvalue weighted by molar-refractivity contribution is -0.151. The van der Waals surface area contributed by atoms with E-state index in [1.165, 1.54) is 16.9 Å². The summed E-state index contributed by atoms with van der Waals surface area (Å²) in [6.07, 6.45) is -0.0545. The van der Waals surface area contributed by atoms with E-state index in [0.717, 1.165) is 5.56 Å². The van der Waals surface area contributed by atoms with Crippen molar-refractivity contribution in [2.45, 2.75) is 26.2 Å². The van der Waals surface area contributed by atoms with Gasteiger partial charge >= 0.3 is 5.97 Å². The topological polar surface area (TPSA) is 84.0 Å². The van der Waals surface area contributed by atoms with E-state index >= 15 is 0 Å². The lowest BCUT2D eigenvalue weighted by atomic mass is 9.82. The van der Waals surface area contributed by atoms with Gasteiger partial charge in [-0.1, -0.05) is 66.7 Å². The predicted octanol–water partition coefficient (Wildman–Crippen LogP) is 4.12. The zero-order valence-corrected chi connectivity index (χ0v) is 19.4. The quantitative estimate of drug-likeness (QED) is 0.347. The molecule has 0 unspecified atom stereocenters. The van der Waals surface area contributed by atoms with Crippen LogP contribution in [0.2, 0.25) is 0 Å². The maximum atomic E-state index is 14.0. The first-order valence-corrected chi connectivity index (χ1v) is 11.4. The first-order valence-electron chi connectivity index (χ1n) is 11.4. The fraction of sp³-hybridized carbons (Fsp3) is 0.214. The fourth-order valence-electron chi connectivity index (χ4n) is 4.10. The number of hydrogen-bond donors (Lipinski definition) is 0. The van der Waals surface area contributed by atoms with E-state index < -0.39 is 29.8 Å². The molecule has 4 rings (SSSR count). The van der Waals surface area contributed by atoms with Crippen LogP contribution in [-0.2, 0) is 30.3 Å². The second-order valence-corrected chi connectivity index (χ2v) is 8.51. The van der Waals surface area contributed by atoms with Crippen molar-refractivity contribution < 1.29 is 23.9 Å². The minimum atomic E-state index is -1.72. The largest absolute Gasteiger partial charge is 0.464 e. The molecule has 0 spiro atoms. The molecule has 3 aromatic rings. The van der Waals surface area contributed by atoms with Gasteiger partial charge < -0.3 is 9.53 Å². The Hall–Kier alpha value is -4.26. The number of carbonyl (C=O) groups is 4. The molecule has 1 fully saturated rings. The summed E-state index contributed by atoms with van der Waals surface area (Å²) in [5.74, 6) is -1.79. The van der Waals surface area contributed by atoms with Gasteiger partial charge in [0.1, 0.15) is 12.4 Å². The van der Waals surface area contributed by atoms with E-state index in [1.807, 2.05) is 30.3 Å². The third-order valence-corrected chi connectivity index (χ3v) is 5.98. The zero-order chi connectivity index (χ0) is 24.8. The number of nitrogens with zero attached hydrogens (tertiary/aromatic N) is 2. The van der Waals surface area contributed by atoms with Gasteiger partial charge in [-0.25, -0.2) is 10.0 Å². The summed E-state index contributed by atoms with van der Waals surface area (Å²) in [5.41, 5.74) is 0.0326. The number of rotatable bonds is 9. The molecule has 0 atom stereocenters. The molecule has 0 saturated carbocycles. The predicted molar refractivity (Wildman–Crippen MR) is 131 cm³/mol. The minimum absolute atomic E-state index is 0.00102. The Bertz CT molecular complexity index is 1150. The van der Waals surface area contributed by atoms with Crippen LogP contribution in [0, 0.1) is 5.41 Å². The Morgan fingerprint density at radius 3 is 1.66 bits per heavy atom. The fourth-order valence-corrected chi connectivity index (χ4v) is 4.10. The van der Waals surface area contributed by atoms with Crippen LogP contribution in [-0.4, -0.2) is 30.2 Å². The number of amides is 2. The molecule has 7 heteroatoms. The normalized spacial score (nSPS) is 14.8. The van der Waals surface area contributed by atoms with Crippen LogP contribution in [0.25, 0.3) is 0 Å². The number of benzene rings is 3. The van der Waals surface area contributed by atoms with Gasteiger partial charge in [-0.15, -0.1) is 0 Å². The van der Waals surface area contributed by atoms with Crippen molar-refractivity contribution in [3.63, 3.8) is 0 Å². The van der Waals surface area contributed by atoms with E-state index in [4.69, 9.17) is 4.74 Å². The van der Waals surface area contributed by atoms with Gasteiger partial charge in [0.2, 0.25) is 0 Å². The van der Waals surface area contributed by atoms with Crippen molar-refractivity contribution in [1.82, 2.24) is 0 Å². The summed E-state index contributed by atoms with van der Waals surface area (Å²) >= 11 is 0.